The number of rotatable bonds is 16. The van der Waals surface area contributed by atoms with Gasteiger partial charge in [-0.1, -0.05) is 27.2 Å². The second-order valence-corrected chi connectivity index (χ2v) is 9.57. The summed E-state index contributed by atoms with van der Waals surface area (Å²) in [5.41, 5.74) is -3.81. The van der Waals surface area contributed by atoms with Crippen molar-refractivity contribution >= 4 is 28.1 Å². The molecule has 0 unspecified atom stereocenters. The first kappa shape index (κ1) is 29.1. The Morgan fingerprint density at radius 1 is 1.03 bits per heavy atom. The number of aliphatic hydroxyl groups is 1. The first-order valence-corrected chi connectivity index (χ1v) is 11.7. The molecule has 3 N–H and O–H groups in total. The monoisotopic (exact) mass is 469 g/mol. The van der Waals surface area contributed by atoms with Crippen molar-refractivity contribution in [2.45, 2.75) is 65.4 Å². The Kier molecular flexibility index (Phi) is 12.6. The maximum absolute atomic E-state index is 12.0. The molecule has 0 saturated heterocycles. The summed E-state index contributed by atoms with van der Waals surface area (Å²) in [6.45, 7) is 5.61. The van der Waals surface area contributed by atoms with Gasteiger partial charge in [0, 0.05) is 18.9 Å². The Labute approximate surface area is 183 Å². The van der Waals surface area contributed by atoms with Gasteiger partial charge in [0.05, 0.1) is 25.6 Å². The van der Waals surface area contributed by atoms with Crippen LogP contribution in [0.2, 0.25) is 0 Å². The number of nitrogens with one attached hydrogen (secondary N) is 1. The fourth-order valence-electron chi connectivity index (χ4n) is 2.49. The van der Waals surface area contributed by atoms with Crippen LogP contribution in [0.15, 0.2) is 0 Å². The number of carboxylic acid groups (broad SMARTS) is 1. The van der Waals surface area contributed by atoms with Gasteiger partial charge in [-0.25, -0.2) is 9.59 Å². The first-order valence-electron chi connectivity index (χ1n) is 10.1. The zero-order valence-electron chi connectivity index (χ0n) is 18.6. The number of unbranched alkanes of at least 4 members (excludes halogenated alkanes) is 1. The van der Waals surface area contributed by atoms with Gasteiger partial charge in [-0.3, -0.25) is 8.98 Å². The SMILES string of the molecule is CCCCOC(=O)OCCC[C@](O)(C(=O)O)C(C)(C)COS(=O)(=O)CCCNC(C)=O. The molecule has 182 valence electrons. The van der Waals surface area contributed by atoms with Gasteiger partial charge >= 0.3 is 12.1 Å². The molecule has 0 spiro atoms. The fraction of sp³-hybridized carbons (Fsp3) is 0.842. The molecule has 1 amide bonds. The molecule has 0 rings (SSSR count). The first-order chi connectivity index (χ1) is 14.3. The Bertz CT molecular complexity index is 692. The minimum Gasteiger partial charge on any atom is -0.479 e. The van der Waals surface area contributed by atoms with Crippen LogP contribution < -0.4 is 5.32 Å². The predicted molar refractivity (Wildman–Crippen MR) is 111 cm³/mol. The van der Waals surface area contributed by atoms with Gasteiger partial charge in [-0.2, -0.15) is 8.42 Å². The van der Waals surface area contributed by atoms with Crippen molar-refractivity contribution in [3.05, 3.63) is 0 Å². The van der Waals surface area contributed by atoms with E-state index in [4.69, 9.17) is 13.7 Å². The van der Waals surface area contributed by atoms with Crippen LogP contribution >= 0.6 is 0 Å². The lowest BCUT2D eigenvalue weighted by Gasteiger charge is -2.38. The van der Waals surface area contributed by atoms with Crippen molar-refractivity contribution in [2.24, 2.45) is 5.41 Å². The predicted octanol–water partition coefficient (Wildman–Crippen LogP) is 1.43. The summed E-state index contributed by atoms with van der Waals surface area (Å²) in [6.07, 6.45) is 0.499. The zero-order valence-corrected chi connectivity index (χ0v) is 19.5. The molecule has 0 aliphatic carbocycles. The molecular formula is C19H35NO10S. The molecule has 0 aromatic heterocycles. The molecule has 0 aromatic rings. The Balaban J connectivity index is 4.72. The van der Waals surface area contributed by atoms with Crippen LogP contribution in [0.3, 0.4) is 0 Å². The van der Waals surface area contributed by atoms with E-state index < -0.39 is 39.9 Å². The lowest BCUT2D eigenvalue weighted by molar-refractivity contribution is -0.177. The fourth-order valence-corrected chi connectivity index (χ4v) is 3.58. The summed E-state index contributed by atoms with van der Waals surface area (Å²) >= 11 is 0. The third-order valence-electron chi connectivity index (χ3n) is 4.64. The van der Waals surface area contributed by atoms with Crippen molar-refractivity contribution in [3.63, 3.8) is 0 Å². The van der Waals surface area contributed by atoms with Crippen LogP contribution in [0.4, 0.5) is 4.79 Å². The van der Waals surface area contributed by atoms with E-state index in [9.17, 15) is 33.0 Å². The largest absolute Gasteiger partial charge is 0.508 e. The minimum atomic E-state index is -3.99. The molecule has 12 heteroatoms. The molecule has 0 aliphatic heterocycles. The van der Waals surface area contributed by atoms with Gasteiger partial charge in [0.1, 0.15) is 0 Å². The summed E-state index contributed by atoms with van der Waals surface area (Å²) in [5.74, 6) is -2.21. The zero-order chi connectivity index (χ0) is 24.1. The molecule has 1 atom stereocenters. The van der Waals surface area contributed by atoms with Crippen LogP contribution in [-0.2, 0) is 33.4 Å². The van der Waals surface area contributed by atoms with Crippen LogP contribution in [0, 0.1) is 5.41 Å². The quantitative estimate of drug-likeness (QED) is 0.171. The number of hydrogen-bond donors (Lipinski definition) is 3. The minimum absolute atomic E-state index is 0.0125. The van der Waals surface area contributed by atoms with E-state index in [2.05, 4.69) is 5.32 Å². The lowest BCUT2D eigenvalue weighted by atomic mass is 9.73. The van der Waals surface area contributed by atoms with Crippen LogP contribution in [0.5, 0.6) is 0 Å². The van der Waals surface area contributed by atoms with E-state index in [1.807, 2.05) is 6.92 Å². The molecule has 0 fully saturated rings. The molecule has 31 heavy (non-hydrogen) atoms. The molecule has 0 aromatic carbocycles. The topological polar surface area (TPSA) is 166 Å². The second-order valence-electron chi connectivity index (χ2n) is 7.81. The highest BCUT2D eigenvalue weighted by Crippen LogP contribution is 2.36. The third-order valence-corrected chi connectivity index (χ3v) is 5.90. The van der Waals surface area contributed by atoms with Gasteiger partial charge in [-0.15, -0.1) is 0 Å². The van der Waals surface area contributed by atoms with Crippen LogP contribution in [-0.4, -0.2) is 74.4 Å². The normalized spacial score (nSPS) is 13.8. The van der Waals surface area contributed by atoms with E-state index >= 15 is 0 Å². The van der Waals surface area contributed by atoms with E-state index in [0.29, 0.717) is 6.42 Å². The molecule has 0 radical (unpaired) electrons. The van der Waals surface area contributed by atoms with Crippen molar-refractivity contribution in [1.82, 2.24) is 5.32 Å². The van der Waals surface area contributed by atoms with E-state index in [-0.39, 0.29) is 50.7 Å². The second kappa shape index (κ2) is 13.5. The van der Waals surface area contributed by atoms with Crippen molar-refractivity contribution in [2.75, 3.05) is 32.1 Å². The summed E-state index contributed by atoms with van der Waals surface area (Å²) in [7, 11) is -3.99. The summed E-state index contributed by atoms with van der Waals surface area (Å²) in [4.78, 5) is 33.9. The van der Waals surface area contributed by atoms with Crippen molar-refractivity contribution in [1.29, 1.82) is 0 Å². The molecule has 0 saturated carbocycles. The molecule has 0 bridgehead atoms. The Morgan fingerprint density at radius 3 is 2.13 bits per heavy atom. The van der Waals surface area contributed by atoms with Gasteiger partial charge in [-0.05, 0) is 25.7 Å². The number of amides is 1. The van der Waals surface area contributed by atoms with Gasteiger partial charge in [0.15, 0.2) is 5.60 Å². The number of carboxylic acids is 1. The summed E-state index contributed by atoms with van der Waals surface area (Å²) in [5, 5.41) is 22.7. The maximum Gasteiger partial charge on any atom is 0.508 e. The Hall–Kier alpha value is -1.92. The molecule has 0 heterocycles. The van der Waals surface area contributed by atoms with Crippen molar-refractivity contribution < 1.29 is 46.7 Å². The molecule has 11 nitrogen and oxygen atoms in total. The lowest BCUT2D eigenvalue weighted by Crippen LogP contribution is -2.54. The number of carbonyl (C=O) groups is 3. The van der Waals surface area contributed by atoms with Crippen molar-refractivity contribution in [3.8, 4) is 0 Å². The van der Waals surface area contributed by atoms with Crippen LogP contribution in [0.25, 0.3) is 0 Å². The number of aliphatic carboxylic acids is 1. The van der Waals surface area contributed by atoms with Gasteiger partial charge in [0.2, 0.25) is 5.91 Å². The average Bonchev–Trinajstić information content (AvgIpc) is 2.67. The third kappa shape index (κ3) is 11.3. The number of hydrogen-bond acceptors (Lipinski definition) is 9. The van der Waals surface area contributed by atoms with E-state index in [1.54, 1.807) is 0 Å². The number of carbonyl (C=O) groups excluding carboxylic acids is 2. The highest BCUT2D eigenvalue weighted by molar-refractivity contribution is 7.86. The van der Waals surface area contributed by atoms with Crippen LogP contribution in [0.1, 0.15) is 59.8 Å². The summed E-state index contributed by atoms with van der Waals surface area (Å²) < 4.78 is 38.6. The van der Waals surface area contributed by atoms with Gasteiger partial charge in [0.25, 0.3) is 10.1 Å². The molecular weight excluding hydrogens is 434 g/mol. The molecule has 0 aliphatic rings. The smallest absolute Gasteiger partial charge is 0.479 e. The highest BCUT2D eigenvalue weighted by atomic mass is 32.2. The van der Waals surface area contributed by atoms with E-state index in [1.165, 1.54) is 20.8 Å². The Morgan fingerprint density at radius 2 is 1.61 bits per heavy atom. The average molecular weight is 470 g/mol. The summed E-state index contributed by atoms with van der Waals surface area (Å²) in [6, 6.07) is 0. The maximum atomic E-state index is 12.0. The number of ether oxygens (including phenoxy) is 2. The highest BCUT2D eigenvalue weighted by Gasteiger charge is 2.50. The van der Waals surface area contributed by atoms with Gasteiger partial charge < -0.3 is 25.0 Å². The standard InChI is InChI=1S/C19H35NO10S/c1-5-6-11-28-17(24)29-12-7-9-19(25,16(22)23)18(3,4)14-30-31(26,27)13-8-10-20-15(2)21/h25H,5-14H2,1-4H3,(H,20,21)(H,22,23)/t19-/m0/s1. The van der Waals surface area contributed by atoms with E-state index in [0.717, 1.165) is 6.42 Å².